The minimum Gasteiger partial charge on any atom is -0.462 e. The molecule has 0 spiro atoms. The minimum atomic E-state index is -0.297. The van der Waals surface area contributed by atoms with Crippen LogP contribution < -0.4 is 0 Å². The van der Waals surface area contributed by atoms with E-state index in [0.29, 0.717) is 24.3 Å². The Bertz CT molecular complexity index is 563. The third-order valence-corrected chi connectivity index (χ3v) is 2.73. The van der Waals surface area contributed by atoms with Crippen molar-refractivity contribution in [3.05, 3.63) is 46.5 Å². The van der Waals surface area contributed by atoms with Crippen LogP contribution in [-0.2, 0) is 9.47 Å². The molecule has 2 aromatic heterocycles. The van der Waals surface area contributed by atoms with Crippen LogP contribution in [0.1, 0.15) is 34.6 Å². The van der Waals surface area contributed by atoms with Gasteiger partial charge in [0, 0.05) is 18.6 Å². The zero-order chi connectivity index (χ0) is 15.7. The van der Waals surface area contributed by atoms with Crippen LogP contribution in [-0.4, -0.2) is 35.1 Å². The van der Waals surface area contributed by atoms with E-state index in [1.54, 1.807) is 44.6 Å². The average Bonchev–Trinajstić information content (AvgIpc) is 3.11. The van der Waals surface area contributed by atoms with Gasteiger partial charge in [0.05, 0.1) is 28.9 Å². The van der Waals surface area contributed by atoms with Crippen LogP contribution in [0.3, 0.4) is 0 Å². The molecule has 0 aliphatic rings. The fourth-order valence-corrected chi connectivity index (χ4v) is 1.73. The second kappa shape index (κ2) is 9.02. The quantitative estimate of drug-likeness (QED) is 0.824. The molecule has 2 aromatic rings. The highest BCUT2D eigenvalue weighted by molar-refractivity contribution is 9.10. The van der Waals surface area contributed by atoms with Crippen molar-refractivity contribution in [1.29, 1.82) is 0 Å². The molecule has 7 heteroatoms. The smallest absolute Gasteiger partial charge is 0.339 e. The van der Waals surface area contributed by atoms with E-state index in [1.807, 2.05) is 0 Å². The molecule has 0 aliphatic carbocycles. The first-order valence-corrected chi connectivity index (χ1v) is 7.18. The van der Waals surface area contributed by atoms with Gasteiger partial charge in [-0.3, -0.25) is 0 Å². The third-order valence-electron chi connectivity index (χ3n) is 2.27. The second-order valence-electron chi connectivity index (χ2n) is 3.78. The van der Waals surface area contributed by atoms with E-state index >= 15 is 0 Å². The van der Waals surface area contributed by atoms with Gasteiger partial charge in [-0.25, -0.2) is 9.59 Å². The highest BCUT2D eigenvalue weighted by Crippen LogP contribution is 2.10. The summed E-state index contributed by atoms with van der Waals surface area (Å²) in [5.41, 5.74) is 1.11. The topological polar surface area (TPSA) is 84.2 Å². The molecule has 6 nitrogen and oxygen atoms in total. The number of hydrogen-bond acceptors (Lipinski definition) is 4. The fourth-order valence-electron chi connectivity index (χ4n) is 1.36. The van der Waals surface area contributed by atoms with Gasteiger partial charge in [-0.2, -0.15) is 0 Å². The van der Waals surface area contributed by atoms with Gasteiger partial charge in [-0.1, -0.05) is 0 Å². The van der Waals surface area contributed by atoms with Crippen molar-refractivity contribution in [2.24, 2.45) is 0 Å². The van der Waals surface area contributed by atoms with Crippen LogP contribution in [0.25, 0.3) is 0 Å². The van der Waals surface area contributed by atoms with E-state index in [2.05, 4.69) is 25.9 Å². The van der Waals surface area contributed by atoms with E-state index in [0.717, 1.165) is 4.60 Å². The molecule has 0 fully saturated rings. The number of carbonyl (C=O) groups excluding carboxylic acids is 2. The van der Waals surface area contributed by atoms with Gasteiger partial charge in [0.25, 0.3) is 0 Å². The van der Waals surface area contributed by atoms with E-state index in [-0.39, 0.29) is 11.9 Å². The van der Waals surface area contributed by atoms with Gasteiger partial charge >= 0.3 is 11.9 Å². The molecule has 0 atom stereocenters. The summed E-state index contributed by atoms with van der Waals surface area (Å²) in [6.45, 7) is 4.38. The van der Waals surface area contributed by atoms with Crippen molar-refractivity contribution in [2.75, 3.05) is 13.2 Å². The molecular weight excluding hydrogens is 340 g/mol. The van der Waals surface area contributed by atoms with Crippen LogP contribution in [0.5, 0.6) is 0 Å². The van der Waals surface area contributed by atoms with E-state index in [9.17, 15) is 9.59 Å². The summed E-state index contributed by atoms with van der Waals surface area (Å²) in [7, 11) is 0. The highest BCUT2D eigenvalue weighted by Gasteiger charge is 2.06. The predicted molar refractivity (Wildman–Crippen MR) is 81.2 cm³/mol. The predicted octanol–water partition coefficient (Wildman–Crippen LogP) is 3.15. The third kappa shape index (κ3) is 5.86. The van der Waals surface area contributed by atoms with Crippen LogP contribution >= 0.6 is 15.9 Å². The van der Waals surface area contributed by atoms with Crippen molar-refractivity contribution < 1.29 is 19.1 Å². The maximum Gasteiger partial charge on any atom is 0.339 e. The van der Waals surface area contributed by atoms with Gasteiger partial charge in [-0.15, -0.1) is 0 Å². The normalized spacial score (nSPS) is 9.48. The number of esters is 2. The number of aromatic amines is 2. The lowest BCUT2D eigenvalue weighted by molar-refractivity contribution is 0.0517. The van der Waals surface area contributed by atoms with E-state index in [1.165, 1.54) is 0 Å². The molecule has 0 unspecified atom stereocenters. The summed E-state index contributed by atoms with van der Waals surface area (Å²) in [6.07, 6.45) is 4.90. The Hall–Kier alpha value is -2.02. The molecule has 0 bridgehead atoms. The maximum absolute atomic E-state index is 11.0. The molecule has 0 amide bonds. The molecule has 114 valence electrons. The Kier molecular flexibility index (Phi) is 7.31. The summed E-state index contributed by atoms with van der Waals surface area (Å²) in [4.78, 5) is 27.5. The molecule has 21 heavy (non-hydrogen) atoms. The number of nitrogens with one attached hydrogen (secondary N) is 2. The van der Waals surface area contributed by atoms with Gasteiger partial charge in [-0.05, 0) is 41.9 Å². The first-order valence-electron chi connectivity index (χ1n) is 6.39. The molecule has 0 radical (unpaired) electrons. The number of ether oxygens (including phenoxy) is 2. The van der Waals surface area contributed by atoms with Crippen LogP contribution in [0.4, 0.5) is 0 Å². The molecule has 2 N–H and O–H groups in total. The summed E-state index contributed by atoms with van der Waals surface area (Å²) in [6, 6.07) is 3.36. The van der Waals surface area contributed by atoms with Gasteiger partial charge in [0.1, 0.15) is 0 Å². The molecule has 0 aromatic carbocycles. The molecule has 0 saturated heterocycles. The largest absolute Gasteiger partial charge is 0.462 e. The number of H-pyrrole nitrogens is 2. The average molecular weight is 357 g/mol. The van der Waals surface area contributed by atoms with Gasteiger partial charge in [0.2, 0.25) is 0 Å². The van der Waals surface area contributed by atoms with Crippen molar-refractivity contribution in [1.82, 2.24) is 9.97 Å². The monoisotopic (exact) mass is 356 g/mol. The number of halogens is 1. The molecule has 0 saturated carbocycles. The van der Waals surface area contributed by atoms with Crippen LogP contribution in [0.15, 0.2) is 35.3 Å². The van der Waals surface area contributed by atoms with Gasteiger partial charge < -0.3 is 19.4 Å². The zero-order valence-corrected chi connectivity index (χ0v) is 13.4. The Labute approximate surface area is 131 Å². The van der Waals surface area contributed by atoms with Crippen LogP contribution in [0.2, 0.25) is 0 Å². The van der Waals surface area contributed by atoms with E-state index < -0.39 is 0 Å². The summed E-state index contributed by atoms with van der Waals surface area (Å²) in [5, 5.41) is 0. The Morgan fingerprint density at radius 1 is 1.10 bits per heavy atom. The van der Waals surface area contributed by atoms with Crippen molar-refractivity contribution >= 4 is 27.9 Å². The fraction of sp³-hybridized carbons (Fsp3) is 0.286. The Balaban J connectivity index is 0.000000211. The zero-order valence-electron chi connectivity index (χ0n) is 11.8. The molecule has 0 aliphatic heterocycles. The number of hydrogen-bond donors (Lipinski definition) is 2. The van der Waals surface area contributed by atoms with Crippen molar-refractivity contribution in [3.63, 3.8) is 0 Å². The Morgan fingerprint density at radius 2 is 1.71 bits per heavy atom. The van der Waals surface area contributed by atoms with E-state index in [4.69, 9.17) is 9.47 Å². The Morgan fingerprint density at radius 3 is 2.14 bits per heavy atom. The van der Waals surface area contributed by atoms with Crippen molar-refractivity contribution in [2.45, 2.75) is 13.8 Å². The highest BCUT2D eigenvalue weighted by atomic mass is 79.9. The van der Waals surface area contributed by atoms with Gasteiger partial charge in [0.15, 0.2) is 0 Å². The first kappa shape index (κ1) is 17.0. The lowest BCUT2D eigenvalue weighted by Crippen LogP contribution is -2.02. The van der Waals surface area contributed by atoms with Crippen LogP contribution in [0, 0.1) is 0 Å². The molecule has 2 heterocycles. The lowest BCUT2D eigenvalue weighted by Gasteiger charge is -1.95. The molecular formula is C14H17BrN2O4. The number of rotatable bonds is 4. The van der Waals surface area contributed by atoms with Crippen molar-refractivity contribution in [3.8, 4) is 0 Å². The second-order valence-corrected chi connectivity index (χ2v) is 4.63. The maximum atomic E-state index is 11.0. The number of carbonyl (C=O) groups is 2. The summed E-state index contributed by atoms with van der Waals surface area (Å²) >= 11 is 3.19. The lowest BCUT2D eigenvalue weighted by atomic mass is 10.3. The summed E-state index contributed by atoms with van der Waals surface area (Å²) < 4.78 is 10.3. The SMILES string of the molecule is CCOC(=O)c1c[nH]c(Br)c1.CCOC(=O)c1cc[nH]c1. The standard InChI is InChI=1S/C7H8BrNO2.C7H9NO2/c1-2-11-7(10)5-3-6(8)9-4-5;1-2-10-7(9)6-3-4-8-5-6/h3-4,9H,2H2,1H3;3-5,8H,2H2,1H3. The number of aromatic nitrogens is 2. The summed E-state index contributed by atoms with van der Waals surface area (Å²) in [5.74, 6) is -0.571. The first-order chi connectivity index (χ1) is 10.1. The molecule has 2 rings (SSSR count). The minimum absolute atomic E-state index is 0.274.